The molecule has 1 aromatic rings. The average molecular weight is 204 g/mol. The quantitative estimate of drug-likeness (QED) is 0.697. The second-order valence-corrected chi connectivity index (χ2v) is 4.30. The topological polar surface area (TPSA) is 51.2 Å². The standard InChI is InChI=1S/C11H12N2O2/c1-6-5-12-9-8(7(6)2)13-10(14)11(15-9)3-4-11/h5H,3-4H2,1-2H3,(H,13,14). The Labute approximate surface area is 87.7 Å². The minimum atomic E-state index is -0.596. The molecule has 1 amide bonds. The highest BCUT2D eigenvalue weighted by atomic mass is 16.5. The molecule has 0 radical (unpaired) electrons. The van der Waals surface area contributed by atoms with Crippen LogP contribution in [-0.2, 0) is 4.79 Å². The summed E-state index contributed by atoms with van der Waals surface area (Å²) in [5.74, 6) is 0.542. The highest BCUT2D eigenvalue weighted by Gasteiger charge is 2.56. The van der Waals surface area contributed by atoms with E-state index in [1.54, 1.807) is 6.20 Å². The summed E-state index contributed by atoms with van der Waals surface area (Å²) >= 11 is 0. The number of nitrogens with one attached hydrogen (secondary N) is 1. The molecule has 2 heterocycles. The van der Waals surface area contributed by atoms with E-state index in [4.69, 9.17) is 4.74 Å². The molecule has 0 unspecified atom stereocenters. The Morgan fingerprint density at radius 3 is 2.87 bits per heavy atom. The van der Waals surface area contributed by atoms with Crippen LogP contribution in [0.3, 0.4) is 0 Å². The van der Waals surface area contributed by atoms with Crippen molar-refractivity contribution >= 4 is 11.6 Å². The van der Waals surface area contributed by atoms with Gasteiger partial charge in [0.05, 0.1) is 0 Å². The van der Waals surface area contributed by atoms with Gasteiger partial charge >= 0.3 is 0 Å². The van der Waals surface area contributed by atoms with Crippen LogP contribution in [0.15, 0.2) is 6.20 Å². The Bertz CT molecular complexity index is 464. The molecule has 3 rings (SSSR count). The van der Waals surface area contributed by atoms with Gasteiger partial charge in [0.25, 0.3) is 5.91 Å². The lowest BCUT2D eigenvalue weighted by Crippen LogP contribution is -2.39. The van der Waals surface area contributed by atoms with Crippen molar-refractivity contribution in [3.63, 3.8) is 0 Å². The zero-order chi connectivity index (χ0) is 10.6. The van der Waals surface area contributed by atoms with E-state index in [1.807, 2.05) is 13.8 Å². The Morgan fingerprint density at radius 2 is 2.20 bits per heavy atom. The fourth-order valence-electron chi connectivity index (χ4n) is 1.80. The van der Waals surface area contributed by atoms with Crippen molar-refractivity contribution in [3.05, 3.63) is 17.3 Å². The number of fused-ring (bicyclic) bond motifs is 1. The van der Waals surface area contributed by atoms with Gasteiger partial charge in [0.1, 0.15) is 5.69 Å². The zero-order valence-electron chi connectivity index (χ0n) is 8.76. The van der Waals surface area contributed by atoms with Gasteiger partial charge in [0.15, 0.2) is 5.60 Å². The van der Waals surface area contributed by atoms with E-state index >= 15 is 0 Å². The molecular weight excluding hydrogens is 192 g/mol. The first-order valence-corrected chi connectivity index (χ1v) is 5.09. The van der Waals surface area contributed by atoms with Crippen molar-refractivity contribution in [1.29, 1.82) is 0 Å². The first-order valence-electron chi connectivity index (χ1n) is 5.09. The van der Waals surface area contributed by atoms with Crippen LogP contribution in [0.25, 0.3) is 0 Å². The number of hydrogen-bond donors (Lipinski definition) is 1. The molecule has 1 saturated carbocycles. The number of anilines is 1. The van der Waals surface area contributed by atoms with Crippen LogP contribution >= 0.6 is 0 Å². The van der Waals surface area contributed by atoms with E-state index < -0.39 is 5.60 Å². The van der Waals surface area contributed by atoms with Crippen LogP contribution < -0.4 is 10.1 Å². The van der Waals surface area contributed by atoms with Crippen molar-refractivity contribution in [2.24, 2.45) is 0 Å². The number of ether oxygens (including phenoxy) is 1. The monoisotopic (exact) mass is 204 g/mol. The SMILES string of the molecule is Cc1cnc2c(c1C)NC(=O)C1(CC1)O2. The van der Waals surface area contributed by atoms with E-state index in [0.717, 1.165) is 29.7 Å². The second kappa shape index (κ2) is 2.51. The lowest BCUT2D eigenvalue weighted by atomic mass is 10.1. The molecule has 15 heavy (non-hydrogen) atoms. The molecule has 0 bridgehead atoms. The highest BCUT2D eigenvalue weighted by molar-refractivity contribution is 6.03. The molecule has 1 N–H and O–H groups in total. The van der Waals surface area contributed by atoms with E-state index in [-0.39, 0.29) is 5.91 Å². The third kappa shape index (κ3) is 1.07. The lowest BCUT2D eigenvalue weighted by Gasteiger charge is -2.26. The molecule has 2 aliphatic rings. The molecule has 0 saturated heterocycles. The maximum Gasteiger partial charge on any atom is 0.268 e. The number of pyridine rings is 1. The number of aromatic nitrogens is 1. The fourth-order valence-corrected chi connectivity index (χ4v) is 1.80. The third-order valence-electron chi connectivity index (χ3n) is 3.20. The van der Waals surface area contributed by atoms with Gasteiger partial charge in [0.2, 0.25) is 5.88 Å². The number of hydrogen-bond acceptors (Lipinski definition) is 3. The Balaban J connectivity index is 2.12. The summed E-state index contributed by atoms with van der Waals surface area (Å²) in [5, 5.41) is 2.90. The van der Waals surface area contributed by atoms with Gasteiger partial charge in [-0.05, 0) is 25.0 Å². The zero-order valence-corrected chi connectivity index (χ0v) is 8.76. The number of carbonyl (C=O) groups excluding carboxylic acids is 1. The minimum absolute atomic E-state index is 0.0227. The summed E-state index contributed by atoms with van der Waals surface area (Å²) < 4.78 is 5.66. The molecule has 4 nitrogen and oxygen atoms in total. The van der Waals surface area contributed by atoms with Crippen LogP contribution in [0, 0.1) is 13.8 Å². The Kier molecular flexibility index (Phi) is 1.45. The molecule has 1 aliphatic carbocycles. The second-order valence-electron chi connectivity index (χ2n) is 4.30. The molecule has 1 fully saturated rings. The van der Waals surface area contributed by atoms with Crippen LogP contribution in [0.1, 0.15) is 24.0 Å². The maximum absolute atomic E-state index is 11.7. The lowest BCUT2D eigenvalue weighted by molar-refractivity contribution is -0.125. The molecule has 4 heteroatoms. The predicted molar refractivity (Wildman–Crippen MR) is 54.9 cm³/mol. The van der Waals surface area contributed by atoms with E-state index in [9.17, 15) is 4.79 Å². The molecule has 1 aromatic heterocycles. The van der Waals surface area contributed by atoms with Gasteiger partial charge in [-0.2, -0.15) is 0 Å². The van der Waals surface area contributed by atoms with Crippen molar-refractivity contribution in [3.8, 4) is 5.88 Å². The number of rotatable bonds is 0. The van der Waals surface area contributed by atoms with Crippen molar-refractivity contribution in [2.75, 3.05) is 5.32 Å². The fraction of sp³-hybridized carbons (Fsp3) is 0.455. The first-order chi connectivity index (χ1) is 7.12. The highest BCUT2D eigenvalue weighted by Crippen LogP contribution is 2.46. The maximum atomic E-state index is 11.7. The molecule has 0 aromatic carbocycles. The number of aryl methyl sites for hydroxylation is 1. The van der Waals surface area contributed by atoms with E-state index in [2.05, 4.69) is 10.3 Å². The normalized spacial score (nSPS) is 20.5. The van der Waals surface area contributed by atoms with E-state index in [1.165, 1.54) is 0 Å². The molecule has 1 aliphatic heterocycles. The van der Waals surface area contributed by atoms with Gasteiger partial charge < -0.3 is 10.1 Å². The molecule has 78 valence electrons. The van der Waals surface area contributed by atoms with Crippen molar-refractivity contribution in [1.82, 2.24) is 4.98 Å². The smallest absolute Gasteiger partial charge is 0.268 e. The molecule has 0 atom stereocenters. The summed E-state index contributed by atoms with van der Waals surface area (Å²) in [6.07, 6.45) is 3.38. The first kappa shape index (κ1) is 8.71. The Morgan fingerprint density at radius 1 is 1.47 bits per heavy atom. The van der Waals surface area contributed by atoms with Crippen molar-refractivity contribution < 1.29 is 9.53 Å². The van der Waals surface area contributed by atoms with Gasteiger partial charge in [-0.15, -0.1) is 0 Å². The van der Waals surface area contributed by atoms with Crippen LogP contribution in [0.5, 0.6) is 5.88 Å². The van der Waals surface area contributed by atoms with Gasteiger partial charge in [0, 0.05) is 19.0 Å². The minimum Gasteiger partial charge on any atom is -0.459 e. The van der Waals surface area contributed by atoms with Gasteiger partial charge in [-0.3, -0.25) is 4.79 Å². The van der Waals surface area contributed by atoms with Crippen molar-refractivity contribution in [2.45, 2.75) is 32.3 Å². The third-order valence-corrected chi connectivity index (χ3v) is 3.20. The Hall–Kier alpha value is -1.58. The molecular formula is C11H12N2O2. The summed E-state index contributed by atoms with van der Waals surface area (Å²) in [7, 11) is 0. The summed E-state index contributed by atoms with van der Waals surface area (Å²) in [6, 6.07) is 0. The van der Waals surface area contributed by atoms with Gasteiger partial charge in [-0.25, -0.2) is 4.98 Å². The number of amides is 1. The number of nitrogens with zero attached hydrogens (tertiary/aromatic N) is 1. The largest absolute Gasteiger partial charge is 0.459 e. The molecule has 1 spiro atoms. The van der Waals surface area contributed by atoms with Gasteiger partial charge in [-0.1, -0.05) is 0 Å². The summed E-state index contributed by atoms with van der Waals surface area (Å²) in [6.45, 7) is 3.93. The van der Waals surface area contributed by atoms with Crippen LogP contribution in [-0.4, -0.2) is 16.5 Å². The average Bonchev–Trinajstić information content (AvgIpc) is 2.97. The van der Waals surface area contributed by atoms with E-state index in [0.29, 0.717) is 5.88 Å². The summed E-state index contributed by atoms with van der Waals surface area (Å²) in [5.41, 5.74) is 2.23. The van der Waals surface area contributed by atoms with Crippen LogP contribution in [0.2, 0.25) is 0 Å². The number of carbonyl (C=O) groups is 1. The van der Waals surface area contributed by atoms with Crippen LogP contribution in [0.4, 0.5) is 5.69 Å². The predicted octanol–water partition coefficient (Wildman–Crippen LogP) is 1.56. The summed E-state index contributed by atoms with van der Waals surface area (Å²) in [4.78, 5) is 16.0.